The Morgan fingerprint density at radius 1 is 1.14 bits per heavy atom. The van der Waals surface area contributed by atoms with E-state index in [4.69, 9.17) is 9.47 Å². The zero-order valence-electron chi connectivity index (χ0n) is 25.5. The van der Waals surface area contributed by atoms with Crippen molar-refractivity contribution in [3.8, 4) is 16.5 Å². The van der Waals surface area contributed by atoms with Crippen LogP contribution in [0.5, 0.6) is 0 Å². The SMILES string of the molecule is CCC(C)(CCOC(C)(C)C)NC(=O)/C(C#N)=C/c1ccc(-c2ccc3cc(NCC[N+]4=CCOCC4)ccc3c2)s1. The van der Waals surface area contributed by atoms with Crippen LogP contribution in [0.25, 0.3) is 27.3 Å². The molecule has 1 aromatic heterocycles. The van der Waals surface area contributed by atoms with Crippen LogP contribution in [0.15, 0.2) is 54.1 Å². The molecule has 3 aromatic rings. The topological polar surface area (TPSA) is 86.4 Å². The third kappa shape index (κ3) is 8.99. The van der Waals surface area contributed by atoms with Crippen LogP contribution in [0.1, 0.15) is 52.3 Å². The first-order chi connectivity index (χ1) is 20.1. The minimum absolute atomic E-state index is 0.102. The highest BCUT2D eigenvalue weighted by Gasteiger charge is 2.26. The molecule has 2 heterocycles. The summed E-state index contributed by atoms with van der Waals surface area (Å²) in [4.78, 5) is 15.0. The maximum absolute atomic E-state index is 13.1. The van der Waals surface area contributed by atoms with Crippen LogP contribution in [0.3, 0.4) is 0 Å². The fourth-order valence-electron chi connectivity index (χ4n) is 4.70. The Bertz CT molecular complexity index is 1490. The number of hydrogen-bond acceptors (Lipinski definition) is 6. The van der Waals surface area contributed by atoms with Gasteiger partial charge >= 0.3 is 0 Å². The van der Waals surface area contributed by atoms with E-state index in [-0.39, 0.29) is 17.1 Å². The molecule has 0 radical (unpaired) electrons. The minimum Gasteiger partial charge on any atom is -0.379 e. The van der Waals surface area contributed by atoms with Gasteiger partial charge in [-0.3, -0.25) is 4.79 Å². The molecular weight excluding hydrogens is 544 g/mol. The van der Waals surface area contributed by atoms with Gasteiger partial charge in [-0.1, -0.05) is 25.1 Å². The summed E-state index contributed by atoms with van der Waals surface area (Å²) >= 11 is 1.57. The molecule has 1 amide bonds. The van der Waals surface area contributed by atoms with E-state index in [1.807, 2.05) is 46.8 Å². The van der Waals surface area contributed by atoms with E-state index in [0.717, 1.165) is 59.1 Å². The number of ether oxygens (including phenoxy) is 2. The van der Waals surface area contributed by atoms with E-state index in [9.17, 15) is 10.1 Å². The van der Waals surface area contributed by atoms with Crippen molar-refractivity contribution in [3.63, 3.8) is 0 Å². The molecule has 0 aliphatic carbocycles. The molecule has 2 aromatic carbocycles. The number of rotatable bonds is 12. The third-order valence-electron chi connectivity index (χ3n) is 7.49. The van der Waals surface area contributed by atoms with Gasteiger partial charge in [0.2, 0.25) is 0 Å². The highest BCUT2D eigenvalue weighted by Crippen LogP contribution is 2.32. The first kappa shape index (κ1) is 31.4. The lowest BCUT2D eigenvalue weighted by Gasteiger charge is -2.31. The number of amides is 1. The molecule has 1 aliphatic heterocycles. The van der Waals surface area contributed by atoms with E-state index in [1.54, 1.807) is 17.4 Å². The molecule has 7 nitrogen and oxygen atoms in total. The smallest absolute Gasteiger partial charge is 0.262 e. The van der Waals surface area contributed by atoms with Crippen LogP contribution in [0.4, 0.5) is 5.69 Å². The second-order valence-corrected chi connectivity index (χ2v) is 13.1. The van der Waals surface area contributed by atoms with Crippen molar-refractivity contribution in [1.29, 1.82) is 5.26 Å². The Morgan fingerprint density at radius 2 is 1.93 bits per heavy atom. The van der Waals surface area contributed by atoms with E-state index in [0.29, 0.717) is 19.6 Å². The number of nitriles is 1. The minimum atomic E-state index is -0.458. The molecule has 0 spiro atoms. The van der Waals surface area contributed by atoms with Crippen LogP contribution in [-0.4, -0.2) is 67.3 Å². The number of thiophene rings is 1. The first-order valence-corrected chi connectivity index (χ1v) is 15.5. The van der Waals surface area contributed by atoms with Gasteiger partial charge in [0.25, 0.3) is 5.91 Å². The van der Waals surface area contributed by atoms with Gasteiger partial charge in [-0.2, -0.15) is 5.26 Å². The molecule has 0 saturated carbocycles. The average molecular weight is 588 g/mol. The number of carbonyl (C=O) groups excluding carboxylic acids is 1. The zero-order valence-corrected chi connectivity index (χ0v) is 26.3. The largest absolute Gasteiger partial charge is 0.379 e. The average Bonchev–Trinajstić information content (AvgIpc) is 3.44. The molecule has 8 heteroatoms. The van der Waals surface area contributed by atoms with Crippen molar-refractivity contribution < 1.29 is 18.8 Å². The number of anilines is 1. The lowest BCUT2D eigenvalue weighted by atomic mass is 9.94. The van der Waals surface area contributed by atoms with Crippen molar-refractivity contribution in [2.75, 3.05) is 44.8 Å². The maximum Gasteiger partial charge on any atom is 0.262 e. The lowest BCUT2D eigenvalue weighted by Crippen LogP contribution is -2.47. The van der Waals surface area contributed by atoms with Crippen molar-refractivity contribution in [1.82, 2.24) is 5.32 Å². The summed E-state index contributed by atoms with van der Waals surface area (Å²) in [6.45, 7) is 14.9. The Balaban J connectivity index is 1.40. The predicted molar refractivity (Wildman–Crippen MR) is 173 cm³/mol. The molecule has 222 valence electrons. The van der Waals surface area contributed by atoms with Gasteiger partial charge in [0, 0.05) is 27.6 Å². The highest BCUT2D eigenvalue weighted by atomic mass is 32.1. The Morgan fingerprint density at radius 3 is 2.64 bits per heavy atom. The van der Waals surface area contributed by atoms with Crippen LogP contribution < -0.4 is 10.6 Å². The molecule has 0 fully saturated rings. The van der Waals surface area contributed by atoms with E-state index in [1.165, 1.54) is 5.39 Å². The Hall–Kier alpha value is -3.51. The predicted octanol–water partition coefficient (Wildman–Crippen LogP) is 6.49. The van der Waals surface area contributed by atoms with Gasteiger partial charge in [0.15, 0.2) is 19.3 Å². The van der Waals surface area contributed by atoms with Crippen molar-refractivity contribution in [2.45, 2.75) is 58.6 Å². The number of fused-ring (bicyclic) bond motifs is 1. The van der Waals surface area contributed by atoms with E-state index < -0.39 is 5.54 Å². The van der Waals surface area contributed by atoms with Crippen molar-refractivity contribution in [3.05, 3.63) is 59.0 Å². The molecular formula is C34H43N4O3S+. The Labute approximate surface area is 253 Å². The monoisotopic (exact) mass is 587 g/mol. The normalized spacial score (nSPS) is 15.5. The summed E-state index contributed by atoms with van der Waals surface area (Å²) in [7, 11) is 0. The number of carbonyl (C=O) groups is 1. The quantitative estimate of drug-likeness (QED) is 0.144. The summed E-state index contributed by atoms with van der Waals surface area (Å²) < 4.78 is 13.5. The lowest BCUT2D eigenvalue weighted by molar-refractivity contribution is -0.531. The third-order valence-corrected chi connectivity index (χ3v) is 8.57. The fourth-order valence-corrected chi connectivity index (χ4v) is 5.65. The summed E-state index contributed by atoms with van der Waals surface area (Å²) in [5, 5.41) is 18.7. The van der Waals surface area contributed by atoms with Gasteiger partial charge < -0.3 is 20.1 Å². The summed E-state index contributed by atoms with van der Waals surface area (Å²) in [6, 6.07) is 19.0. The number of nitrogens with zero attached hydrogens (tertiary/aromatic N) is 2. The molecule has 0 saturated heterocycles. The molecule has 1 atom stereocenters. The van der Waals surface area contributed by atoms with Gasteiger partial charge in [-0.05, 0) is 93.3 Å². The van der Waals surface area contributed by atoms with Crippen LogP contribution >= 0.6 is 11.3 Å². The molecule has 0 bridgehead atoms. The van der Waals surface area contributed by atoms with Crippen LogP contribution in [-0.2, 0) is 14.3 Å². The van der Waals surface area contributed by atoms with E-state index >= 15 is 0 Å². The van der Waals surface area contributed by atoms with Gasteiger partial charge in [0.05, 0.1) is 12.1 Å². The fraction of sp³-hybridized carbons (Fsp3) is 0.441. The second-order valence-electron chi connectivity index (χ2n) is 11.9. The molecule has 2 N–H and O–H groups in total. The second kappa shape index (κ2) is 14.1. The standard InChI is InChI=1S/C34H42N4O3S/c1-6-34(5,13-18-41-33(2,3)4)37-32(39)28(24-35)23-30-11-12-31(42-30)27-8-7-26-22-29(10-9-25(26)21-27)36-14-15-38-16-19-40-20-17-38/h7-12,16,21-23H,6,13-15,17-20H2,1-5H3,(H-,36,37,39)/p+1. The molecule has 1 unspecified atom stereocenters. The molecule has 42 heavy (non-hydrogen) atoms. The molecule has 4 rings (SSSR count). The van der Waals surface area contributed by atoms with Gasteiger partial charge in [0.1, 0.15) is 24.9 Å². The van der Waals surface area contributed by atoms with Gasteiger partial charge in [-0.15, -0.1) is 11.3 Å². The summed E-state index contributed by atoms with van der Waals surface area (Å²) in [6.07, 6.45) is 5.20. The summed E-state index contributed by atoms with van der Waals surface area (Å²) in [5.74, 6) is -0.356. The number of hydrogen-bond donors (Lipinski definition) is 2. The number of nitrogens with one attached hydrogen (secondary N) is 2. The maximum atomic E-state index is 13.1. The zero-order chi connectivity index (χ0) is 30.2. The first-order valence-electron chi connectivity index (χ1n) is 14.7. The van der Waals surface area contributed by atoms with E-state index in [2.05, 4.69) is 63.9 Å². The Kier molecular flexibility index (Phi) is 10.6. The molecule has 1 aliphatic rings. The van der Waals surface area contributed by atoms with Crippen molar-refractivity contribution >= 4 is 46.0 Å². The summed E-state index contributed by atoms with van der Waals surface area (Å²) in [5.41, 5.74) is 1.62. The van der Waals surface area contributed by atoms with Crippen molar-refractivity contribution in [2.24, 2.45) is 0 Å². The van der Waals surface area contributed by atoms with Crippen LogP contribution in [0.2, 0.25) is 0 Å². The van der Waals surface area contributed by atoms with Crippen LogP contribution in [0, 0.1) is 11.3 Å². The number of benzene rings is 2. The van der Waals surface area contributed by atoms with Gasteiger partial charge in [-0.25, -0.2) is 4.58 Å². The highest BCUT2D eigenvalue weighted by molar-refractivity contribution is 7.16.